The molecule has 2 heterocycles. The maximum atomic E-state index is 13.4. The molecular weight excluding hydrogens is 419 g/mol. The van der Waals surface area contributed by atoms with E-state index in [9.17, 15) is 14.0 Å². The van der Waals surface area contributed by atoms with Crippen LogP contribution in [-0.4, -0.2) is 53.4 Å². The molecule has 6 nitrogen and oxygen atoms in total. The molecule has 2 aromatic rings. The van der Waals surface area contributed by atoms with E-state index in [1.165, 1.54) is 18.3 Å². The summed E-state index contributed by atoms with van der Waals surface area (Å²) in [5.41, 5.74) is 1.75. The lowest BCUT2D eigenvalue weighted by atomic mass is 9.84. The summed E-state index contributed by atoms with van der Waals surface area (Å²) >= 11 is 0. The molecule has 1 aromatic heterocycles. The van der Waals surface area contributed by atoms with Crippen LogP contribution >= 0.6 is 0 Å². The Bertz CT molecular complexity index is 957. The van der Waals surface area contributed by atoms with Gasteiger partial charge in [-0.15, -0.1) is 0 Å². The number of carbonyl (C=O) groups excluding carboxylic acids is 2. The van der Waals surface area contributed by atoms with Crippen molar-refractivity contribution in [3.05, 3.63) is 54.0 Å². The minimum atomic E-state index is -0.321. The molecule has 1 saturated carbocycles. The summed E-state index contributed by atoms with van der Waals surface area (Å²) in [4.78, 5) is 32.3. The van der Waals surface area contributed by atoms with E-state index in [2.05, 4.69) is 27.4 Å². The molecule has 176 valence electrons. The fraction of sp³-hybridized carbons (Fsp3) is 0.500. The van der Waals surface area contributed by atoms with Crippen LogP contribution < -0.4 is 10.6 Å². The van der Waals surface area contributed by atoms with E-state index in [4.69, 9.17) is 0 Å². The second kappa shape index (κ2) is 10.9. The Hall–Kier alpha value is -2.80. The van der Waals surface area contributed by atoms with Gasteiger partial charge >= 0.3 is 0 Å². The number of hydrogen-bond donors (Lipinski definition) is 2. The standard InChI is InChI=1S/C26H33FN4O2/c1-2-31-13-11-22(12-14-31)29-25(32)19-6-4-8-23(16-19)30-26(33)20-9-10-24(28-17-20)18-5-3-7-21(27)15-18/h3,5,7,9-10,15,17,19,22-23H,2,4,6,8,11-14,16H2,1H3,(H,29,32)(H,30,33). The second-order valence-corrected chi connectivity index (χ2v) is 9.19. The van der Waals surface area contributed by atoms with E-state index in [1.807, 2.05) is 0 Å². The zero-order chi connectivity index (χ0) is 23.2. The fourth-order valence-corrected chi connectivity index (χ4v) is 4.89. The van der Waals surface area contributed by atoms with Gasteiger partial charge in [0, 0.05) is 42.9 Å². The van der Waals surface area contributed by atoms with Crippen molar-refractivity contribution >= 4 is 11.8 Å². The lowest BCUT2D eigenvalue weighted by Gasteiger charge is -2.34. The Labute approximate surface area is 195 Å². The molecule has 1 aliphatic carbocycles. The van der Waals surface area contributed by atoms with E-state index in [0.29, 0.717) is 23.2 Å². The highest BCUT2D eigenvalue weighted by atomic mass is 19.1. The molecule has 1 saturated heterocycles. The number of carbonyl (C=O) groups is 2. The third kappa shape index (κ3) is 6.16. The smallest absolute Gasteiger partial charge is 0.253 e. The van der Waals surface area contributed by atoms with Crippen LogP contribution in [0.25, 0.3) is 11.3 Å². The summed E-state index contributed by atoms with van der Waals surface area (Å²) in [6, 6.07) is 9.90. The predicted molar refractivity (Wildman–Crippen MR) is 126 cm³/mol. The van der Waals surface area contributed by atoms with Gasteiger partial charge in [0.25, 0.3) is 5.91 Å². The van der Waals surface area contributed by atoms with Crippen LogP contribution in [0.15, 0.2) is 42.6 Å². The first-order chi connectivity index (χ1) is 16.0. The fourth-order valence-electron chi connectivity index (χ4n) is 4.89. The van der Waals surface area contributed by atoms with Gasteiger partial charge in [0.1, 0.15) is 5.82 Å². The number of rotatable bonds is 6. The number of aromatic nitrogens is 1. The molecule has 33 heavy (non-hydrogen) atoms. The van der Waals surface area contributed by atoms with Crippen LogP contribution in [0, 0.1) is 11.7 Å². The van der Waals surface area contributed by atoms with Crippen LogP contribution in [0.4, 0.5) is 4.39 Å². The Balaban J connectivity index is 1.29. The van der Waals surface area contributed by atoms with E-state index in [1.54, 1.807) is 24.3 Å². The highest BCUT2D eigenvalue weighted by Crippen LogP contribution is 2.26. The van der Waals surface area contributed by atoms with Crippen LogP contribution in [0.1, 0.15) is 55.8 Å². The van der Waals surface area contributed by atoms with E-state index in [-0.39, 0.29) is 35.6 Å². The average molecular weight is 453 g/mol. The quantitative estimate of drug-likeness (QED) is 0.700. The third-order valence-corrected chi connectivity index (χ3v) is 6.91. The Kier molecular flexibility index (Phi) is 7.70. The van der Waals surface area contributed by atoms with Gasteiger partial charge in [-0.3, -0.25) is 14.6 Å². The molecule has 1 aliphatic heterocycles. The minimum absolute atomic E-state index is 0.0214. The number of nitrogens with zero attached hydrogens (tertiary/aromatic N) is 2. The van der Waals surface area contributed by atoms with Crippen molar-refractivity contribution < 1.29 is 14.0 Å². The molecule has 4 rings (SSSR count). The van der Waals surface area contributed by atoms with Crippen molar-refractivity contribution in [1.29, 1.82) is 0 Å². The molecule has 2 fully saturated rings. The maximum absolute atomic E-state index is 13.4. The first-order valence-corrected chi connectivity index (χ1v) is 12.1. The van der Waals surface area contributed by atoms with E-state index in [0.717, 1.165) is 51.7 Å². The van der Waals surface area contributed by atoms with Gasteiger partial charge in [-0.25, -0.2) is 4.39 Å². The van der Waals surface area contributed by atoms with E-state index < -0.39 is 0 Å². The number of pyridine rings is 1. The zero-order valence-corrected chi connectivity index (χ0v) is 19.2. The molecule has 7 heteroatoms. The summed E-state index contributed by atoms with van der Waals surface area (Å²) in [6.07, 6.45) is 6.87. The van der Waals surface area contributed by atoms with Crippen molar-refractivity contribution in [3.63, 3.8) is 0 Å². The zero-order valence-electron chi connectivity index (χ0n) is 19.2. The number of benzene rings is 1. The highest BCUT2D eigenvalue weighted by molar-refractivity contribution is 5.94. The van der Waals surface area contributed by atoms with Gasteiger partial charge in [-0.1, -0.05) is 25.5 Å². The summed E-state index contributed by atoms with van der Waals surface area (Å²) in [5, 5.41) is 6.33. The van der Waals surface area contributed by atoms with Crippen LogP contribution in [0.3, 0.4) is 0 Å². The normalized spacial score (nSPS) is 22.0. The second-order valence-electron chi connectivity index (χ2n) is 9.19. The van der Waals surface area contributed by atoms with E-state index >= 15 is 0 Å². The molecular formula is C26H33FN4O2. The predicted octanol–water partition coefficient (Wildman–Crippen LogP) is 3.78. The number of amides is 2. The van der Waals surface area contributed by atoms with Gasteiger partial charge in [0.2, 0.25) is 5.91 Å². The van der Waals surface area contributed by atoms with Crippen molar-refractivity contribution in [2.75, 3.05) is 19.6 Å². The molecule has 2 N–H and O–H groups in total. The van der Waals surface area contributed by atoms with Gasteiger partial charge in [0.15, 0.2) is 0 Å². The van der Waals surface area contributed by atoms with Gasteiger partial charge in [-0.05, 0) is 62.9 Å². The number of nitrogens with one attached hydrogen (secondary N) is 2. The largest absolute Gasteiger partial charge is 0.353 e. The lowest BCUT2D eigenvalue weighted by molar-refractivity contribution is -0.127. The summed E-state index contributed by atoms with van der Waals surface area (Å²) in [7, 11) is 0. The van der Waals surface area contributed by atoms with Gasteiger partial charge in [-0.2, -0.15) is 0 Å². The van der Waals surface area contributed by atoms with Crippen molar-refractivity contribution in [1.82, 2.24) is 20.5 Å². The first-order valence-electron chi connectivity index (χ1n) is 12.1. The molecule has 2 atom stereocenters. The van der Waals surface area contributed by atoms with Crippen LogP contribution in [0.5, 0.6) is 0 Å². The summed E-state index contributed by atoms with van der Waals surface area (Å²) < 4.78 is 13.4. The highest BCUT2D eigenvalue weighted by Gasteiger charge is 2.30. The molecule has 2 amide bonds. The number of halogens is 1. The monoisotopic (exact) mass is 452 g/mol. The number of hydrogen-bond acceptors (Lipinski definition) is 4. The Morgan fingerprint density at radius 3 is 2.58 bits per heavy atom. The SMILES string of the molecule is CCN1CCC(NC(=O)C2CCCC(NC(=O)c3ccc(-c4cccc(F)c4)nc3)C2)CC1. The average Bonchev–Trinajstić information content (AvgIpc) is 2.85. The van der Waals surface area contributed by atoms with Crippen LogP contribution in [0.2, 0.25) is 0 Å². The number of piperidine rings is 1. The topological polar surface area (TPSA) is 74.3 Å². The lowest BCUT2D eigenvalue weighted by Crippen LogP contribution is -2.48. The Morgan fingerprint density at radius 1 is 1.06 bits per heavy atom. The molecule has 0 bridgehead atoms. The van der Waals surface area contributed by atoms with Crippen LogP contribution in [-0.2, 0) is 4.79 Å². The molecule has 0 radical (unpaired) electrons. The van der Waals surface area contributed by atoms with Crippen molar-refractivity contribution in [2.24, 2.45) is 5.92 Å². The Morgan fingerprint density at radius 2 is 1.88 bits per heavy atom. The maximum Gasteiger partial charge on any atom is 0.253 e. The van der Waals surface area contributed by atoms with Gasteiger partial charge < -0.3 is 15.5 Å². The molecule has 0 spiro atoms. The van der Waals surface area contributed by atoms with Gasteiger partial charge in [0.05, 0.1) is 11.3 Å². The summed E-state index contributed by atoms with van der Waals surface area (Å²) in [6.45, 7) is 5.31. The minimum Gasteiger partial charge on any atom is -0.353 e. The summed E-state index contributed by atoms with van der Waals surface area (Å²) in [5.74, 6) is -0.434. The molecule has 1 aromatic carbocycles. The molecule has 2 unspecified atom stereocenters. The first kappa shape index (κ1) is 23.4. The van der Waals surface area contributed by atoms with Crippen molar-refractivity contribution in [2.45, 2.75) is 57.5 Å². The number of likely N-dealkylation sites (tertiary alicyclic amines) is 1. The van der Waals surface area contributed by atoms with Crippen molar-refractivity contribution in [3.8, 4) is 11.3 Å². The third-order valence-electron chi connectivity index (χ3n) is 6.91. The molecule has 2 aliphatic rings.